The van der Waals surface area contributed by atoms with Crippen molar-refractivity contribution in [2.75, 3.05) is 7.11 Å². The second kappa shape index (κ2) is 7.02. The molecule has 0 aromatic heterocycles. The van der Waals surface area contributed by atoms with Gasteiger partial charge in [-0.05, 0) is 50.1 Å². The summed E-state index contributed by atoms with van der Waals surface area (Å²) in [6, 6.07) is 11.6. The summed E-state index contributed by atoms with van der Waals surface area (Å²) < 4.78 is 35.3. The maximum absolute atomic E-state index is 12.4. The molecule has 0 radical (unpaired) electrons. The summed E-state index contributed by atoms with van der Waals surface area (Å²) in [6.45, 7) is 3.77. The number of rotatable bonds is 6. The molecule has 6 heteroatoms. The first-order chi connectivity index (χ1) is 10.8. The molecule has 0 fully saturated rings. The molecule has 2 aromatic carbocycles. The summed E-state index contributed by atoms with van der Waals surface area (Å²) in [5.41, 5.74) is 7.64. The monoisotopic (exact) mass is 335 g/mol. The van der Waals surface area contributed by atoms with Gasteiger partial charge in [0, 0.05) is 6.04 Å². The Hall–Kier alpha value is -2.05. The molecule has 5 nitrogen and oxygen atoms in total. The second-order valence-electron chi connectivity index (χ2n) is 5.52. The van der Waals surface area contributed by atoms with Crippen LogP contribution in [0.1, 0.15) is 18.1 Å². The molecule has 1 atom stereocenters. The Balaban J connectivity index is 2.35. The van der Waals surface area contributed by atoms with Crippen molar-refractivity contribution in [3.05, 3.63) is 53.6 Å². The Morgan fingerprint density at radius 1 is 1.09 bits per heavy atom. The first kappa shape index (κ1) is 17.3. The van der Waals surface area contributed by atoms with E-state index in [0.717, 1.165) is 11.1 Å². The average Bonchev–Trinajstić information content (AvgIpc) is 2.47. The molecule has 0 bridgehead atoms. The van der Waals surface area contributed by atoms with Gasteiger partial charge in [0.2, 0.25) is 0 Å². The van der Waals surface area contributed by atoms with Crippen LogP contribution in [0.2, 0.25) is 0 Å². The molecule has 0 spiro atoms. The average molecular weight is 335 g/mol. The molecule has 0 unspecified atom stereocenters. The molecule has 2 aromatic rings. The molecule has 0 heterocycles. The van der Waals surface area contributed by atoms with Gasteiger partial charge in [-0.1, -0.05) is 23.8 Å². The summed E-state index contributed by atoms with van der Waals surface area (Å²) in [5.74, 6) is 0.514. The van der Waals surface area contributed by atoms with E-state index in [1.165, 1.54) is 19.2 Å². The fourth-order valence-corrected chi connectivity index (χ4v) is 3.09. The van der Waals surface area contributed by atoms with Crippen LogP contribution in [0.4, 0.5) is 0 Å². The maximum atomic E-state index is 12.4. The number of nitrogens with two attached hydrogens (primary N) is 1. The largest absolute Gasteiger partial charge is 0.493 e. The van der Waals surface area contributed by atoms with Gasteiger partial charge in [0.25, 0.3) is 0 Å². The van der Waals surface area contributed by atoms with Crippen LogP contribution in [0.25, 0.3) is 0 Å². The van der Waals surface area contributed by atoms with Crippen molar-refractivity contribution in [1.29, 1.82) is 0 Å². The smallest absolute Gasteiger partial charge is 0.339 e. The molecule has 2 rings (SSSR count). The summed E-state index contributed by atoms with van der Waals surface area (Å²) in [5, 5.41) is 0. The van der Waals surface area contributed by atoms with Crippen molar-refractivity contribution in [3.8, 4) is 11.5 Å². The van der Waals surface area contributed by atoms with E-state index in [2.05, 4.69) is 0 Å². The van der Waals surface area contributed by atoms with Gasteiger partial charge in [-0.15, -0.1) is 0 Å². The van der Waals surface area contributed by atoms with Crippen LogP contribution < -0.4 is 14.7 Å². The molecule has 0 amide bonds. The highest BCUT2D eigenvalue weighted by molar-refractivity contribution is 7.87. The van der Waals surface area contributed by atoms with Gasteiger partial charge in [0.1, 0.15) is 4.90 Å². The van der Waals surface area contributed by atoms with E-state index in [1.807, 2.05) is 19.9 Å². The van der Waals surface area contributed by atoms with Crippen LogP contribution in [0.15, 0.2) is 47.4 Å². The lowest BCUT2D eigenvalue weighted by atomic mass is 10.1. The lowest BCUT2D eigenvalue weighted by Gasteiger charge is -2.13. The minimum Gasteiger partial charge on any atom is -0.493 e. The van der Waals surface area contributed by atoms with Crippen molar-refractivity contribution in [1.82, 2.24) is 0 Å². The van der Waals surface area contributed by atoms with Crippen molar-refractivity contribution >= 4 is 10.1 Å². The van der Waals surface area contributed by atoms with Gasteiger partial charge in [0.15, 0.2) is 11.5 Å². The van der Waals surface area contributed by atoms with Crippen molar-refractivity contribution < 1.29 is 17.3 Å². The van der Waals surface area contributed by atoms with E-state index in [9.17, 15) is 8.42 Å². The molecule has 0 aliphatic rings. The van der Waals surface area contributed by atoms with Gasteiger partial charge >= 0.3 is 10.1 Å². The predicted octanol–water partition coefficient (Wildman–Crippen LogP) is 2.66. The lowest BCUT2D eigenvalue weighted by molar-refractivity contribution is 0.390. The van der Waals surface area contributed by atoms with E-state index in [1.54, 1.807) is 24.3 Å². The van der Waals surface area contributed by atoms with Gasteiger partial charge < -0.3 is 14.7 Å². The minimum atomic E-state index is -3.92. The number of hydrogen-bond acceptors (Lipinski definition) is 5. The zero-order valence-electron chi connectivity index (χ0n) is 13.4. The molecular weight excluding hydrogens is 314 g/mol. The van der Waals surface area contributed by atoms with Gasteiger partial charge in [0.05, 0.1) is 7.11 Å². The normalized spacial score (nSPS) is 12.7. The third-order valence-corrected chi connectivity index (χ3v) is 4.54. The molecule has 23 heavy (non-hydrogen) atoms. The third-order valence-electron chi connectivity index (χ3n) is 3.29. The van der Waals surface area contributed by atoms with Gasteiger partial charge in [-0.25, -0.2) is 0 Å². The van der Waals surface area contributed by atoms with Crippen molar-refractivity contribution in [2.45, 2.75) is 31.2 Å². The predicted molar refractivity (Wildman–Crippen MR) is 89.3 cm³/mol. The van der Waals surface area contributed by atoms with Crippen LogP contribution in [-0.4, -0.2) is 21.6 Å². The molecule has 0 aliphatic carbocycles. The standard InChI is InChI=1S/C17H21NO4S/c1-12-4-7-15(8-5-12)23(19,20)22-17-11-14(10-13(2)18)6-9-16(17)21-3/h4-9,11,13H,10,18H2,1-3H3/t13-/m1/s1. The van der Waals surface area contributed by atoms with Crippen LogP contribution in [0.5, 0.6) is 11.5 Å². The zero-order valence-corrected chi connectivity index (χ0v) is 14.3. The van der Waals surface area contributed by atoms with Crippen LogP contribution in [-0.2, 0) is 16.5 Å². The highest BCUT2D eigenvalue weighted by Crippen LogP contribution is 2.31. The number of aryl methyl sites for hydroxylation is 1. The fourth-order valence-electron chi connectivity index (χ4n) is 2.16. The Bertz CT molecular complexity index is 768. The molecule has 0 saturated carbocycles. The fraction of sp³-hybridized carbons (Fsp3) is 0.294. The van der Waals surface area contributed by atoms with E-state index >= 15 is 0 Å². The summed E-state index contributed by atoms with van der Waals surface area (Å²) >= 11 is 0. The van der Waals surface area contributed by atoms with E-state index < -0.39 is 10.1 Å². The molecule has 0 saturated heterocycles. The Morgan fingerprint density at radius 3 is 2.30 bits per heavy atom. The SMILES string of the molecule is COc1ccc(C[C@@H](C)N)cc1OS(=O)(=O)c1ccc(C)cc1. The van der Waals surface area contributed by atoms with E-state index in [0.29, 0.717) is 12.2 Å². The number of benzene rings is 2. The van der Waals surface area contributed by atoms with Crippen molar-refractivity contribution in [3.63, 3.8) is 0 Å². The summed E-state index contributed by atoms with van der Waals surface area (Å²) in [4.78, 5) is 0.0998. The van der Waals surface area contributed by atoms with Crippen molar-refractivity contribution in [2.24, 2.45) is 5.73 Å². The van der Waals surface area contributed by atoms with E-state index in [-0.39, 0.29) is 16.7 Å². The zero-order chi connectivity index (χ0) is 17.0. The summed E-state index contributed by atoms with van der Waals surface area (Å²) in [6.07, 6.45) is 0.616. The van der Waals surface area contributed by atoms with Gasteiger partial charge in [-0.2, -0.15) is 8.42 Å². The first-order valence-electron chi connectivity index (χ1n) is 7.25. The molecular formula is C17H21NO4S. The quantitative estimate of drug-likeness (QED) is 0.821. The number of ether oxygens (including phenoxy) is 1. The van der Waals surface area contributed by atoms with E-state index in [4.69, 9.17) is 14.7 Å². The van der Waals surface area contributed by atoms with Crippen LogP contribution >= 0.6 is 0 Å². The highest BCUT2D eigenvalue weighted by atomic mass is 32.2. The molecule has 0 aliphatic heterocycles. The van der Waals surface area contributed by atoms with Gasteiger partial charge in [-0.3, -0.25) is 0 Å². The maximum Gasteiger partial charge on any atom is 0.339 e. The highest BCUT2D eigenvalue weighted by Gasteiger charge is 2.19. The number of hydrogen-bond donors (Lipinski definition) is 1. The Kier molecular flexibility index (Phi) is 5.28. The summed E-state index contributed by atoms with van der Waals surface area (Å²) in [7, 11) is -2.45. The number of methoxy groups -OCH3 is 1. The van der Waals surface area contributed by atoms with Crippen LogP contribution in [0.3, 0.4) is 0 Å². The molecule has 124 valence electrons. The second-order valence-corrected chi connectivity index (χ2v) is 7.06. The first-order valence-corrected chi connectivity index (χ1v) is 8.66. The molecule has 2 N–H and O–H groups in total. The van der Waals surface area contributed by atoms with Crippen LogP contribution in [0, 0.1) is 6.92 Å². The topological polar surface area (TPSA) is 78.6 Å². The Labute approximate surface area is 137 Å². The Morgan fingerprint density at radius 2 is 1.74 bits per heavy atom. The minimum absolute atomic E-state index is 0.0371. The third kappa shape index (κ3) is 4.46. The lowest BCUT2D eigenvalue weighted by Crippen LogP contribution is -2.18.